The quantitative estimate of drug-likeness (QED) is 0.808. The van der Waals surface area contributed by atoms with Crippen LogP contribution in [0.4, 0.5) is 11.4 Å². The van der Waals surface area contributed by atoms with E-state index in [1.165, 1.54) is 11.3 Å². The Balaban J connectivity index is 1.77. The maximum Gasteiger partial charge on any atom is 0.275 e. The SMILES string of the molecule is NCc1nc(C(=O)Nc2ccc3c(c2)CCCC(=O)N3)cs1. The Morgan fingerprint density at radius 2 is 2.27 bits per heavy atom. The van der Waals surface area contributed by atoms with Crippen LogP contribution in [0.3, 0.4) is 0 Å². The Kier molecular flexibility index (Phi) is 4.17. The van der Waals surface area contributed by atoms with E-state index in [0.717, 1.165) is 29.1 Å². The van der Waals surface area contributed by atoms with E-state index in [1.54, 1.807) is 11.4 Å². The molecule has 0 fully saturated rings. The molecular formula is C15H16N4O2S. The molecule has 0 bridgehead atoms. The molecule has 2 aromatic rings. The summed E-state index contributed by atoms with van der Waals surface area (Å²) < 4.78 is 0. The first-order valence-corrected chi connectivity index (χ1v) is 7.92. The maximum absolute atomic E-state index is 12.2. The first-order chi connectivity index (χ1) is 10.7. The van der Waals surface area contributed by atoms with Gasteiger partial charge in [0.2, 0.25) is 5.91 Å². The molecule has 1 aliphatic rings. The highest BCUT2D eigenvalue weighted by Crippen LogP contribution is 2.25. The summed E-state index contributed by atoms with van der Waals surface area (Å²) in [5, 5.41) is 8.13. The van der Waals surface area contributed by atoms with E-state index in [2.05, 4.69) is 15.6 Å². The highest BCUT2D eigenvalue weighted by Gasteiger charge is 2.15. The fourth-order valence-electron chi connectivity index (χ4n) is 2.36. The molecule has 0 atom stereocenters. The third kappa shape index (κ3) is 3.15. The summed E-state index contributed by atoms with van der Waals surface area (Å²) in [7, 11) is 0. The van der Waals surface area contributed by atoms with Gasteiger partial charge in [0, 0.05) is 29.7 Å². The molecule has 6 nitrogen and oxygen atoms in total. The minimum atomic E-state index is -0.256. The van der Waals surface area contributed by atoms with E-state index in [4.69, 9.17) is 5.73 Å². The van der Waals surface area contributed by atoms with Crippen molar-refractivity contribution in [1.29, 1.82) is 0 Å². The molecule has 0 aliphatic carbocycles. The molecular weight excluding hydrogens is 300 g/mol. The van der Waals surface area contributed by atoms with Gasteiger partial charge in [0.15, 0.2) is 0 Å². The van der Waals surface area contributed by atoms with Crippen molar-refractivity contribution in [3.05, 3.63) is 39.8 Å². The number of aromatic nitrogens is 1. The largest absolute Gasteiger partial charge is 0.326 e. The van der Waals surface area contributed by atoms with E-state index in [-0.39, 0.29) is 11.8 Å². The molecule has 1 aliphatic heterocycles. The third-order valence-corrected chi connectivity index (χ3v) is 4.32. The van der Waals surface area contributed by atoms with Gasteiger partial charge >= 0.3 is 0 Å². The lowest BCUT2D eigenvalue weighted by Gasteiger charge is -2.10. The van der Waals surface area contributed by atoms with E-state index in [1.807, 2.05) is 12.1 Å². The Hall–Kier alpha value is -2.25. The molecule has 0 unspecified atom stereocenters. The Labute approximate surface area is 131 Å². The minimum Gasteiger partial charge on any atom is -0.326 e. The zero-order valence-corrected chi connectivity index (χ0v) is 12.7. The van der Waals surface area contributed by atoms with Gasteiger partial charge in [-0.3, -0.25) is 9.59 Å². The minimum absolute atomic E-state index is 0.0346. The Morgan fingerprint density at radius 3 is 3.05 bits per heavy atom. The predicted octanol–water partition coefficient (Wildman–Crippen LogP) is 2.13. The maximum atomic E-state index is 12.2. The number of anilines is 2. The van der Waals surface area contributed by atoms with Crippen molar-refractivity contribution in [3.63, 3.8) is 0 Å². The molecule has 114 valence electrons. The number of nitrogens with one attached hydrogen (secondary N) is 2. The lowest BCUT2D eigenvalue weighted by molar-refractivity contribution is -0.116. The summed E-state index contributed by atoms with van der Waals surface area (Å²) in [5.74, 6) is -0.221. The molecule has 0 saturated heterocycles. The molecule has 7 heteroatoms. The van der Waals surface area contributed by atoms with Gasteiger partial charge < -0.3 is 16.4 Å². The molecule has 22 heavy (non-hydrogen) atoms. The molecule has 4 N–H and O–H groups in total. The summed E-state index contributed by atoms with van der Waals surface area (Å²) in [6.45, 7) is 0.330. The van der Waals surface area contributed by atoms with Gasteiger partial charge in [0.1, 0.15) is 10.7 Å². The fourth-order valence-corrected chi connectivity index (χ4v) is 3.01. The van der Waals surface area contributed by atoms with Crippen LogP contribution in [0.5, 0.6) is 0 Å². The van der Waals surface area contributed by atoms with Crippen molar-refractivity contribution >= 4 is 34.5 Å². The van der Waals surface area contributed by atoms with Crippen LogP contribution in [0.15, 0.2) is 23.6 Å². The number of nitrogens with two attached hydrogens (primary N) is 1. The number of fused-ring (bicyclic) bond motifs is 1. The predicted molar refractivity (Wildman–Crippen MR) is 86.0 cm³/mol. The molecule has 0 spiro atoms. The zero-order chi connectivity index (χ0) is 15.5. The zero-order valence-electron chi connectivity index (χ0n) is 11.9. The lowest BCUT2D eigenvalue weighted by atomic mass is 10.1. The first kappa shape index (κ1) is 14.7. The van der Waals surface area contributed by atoms with Crippen LogP contribution >= 0.6 is 11.3 Å². The van der Waals surface area contributed by atoms with E-state index in [9.17, 15) is 9.59 Å². The summed E-state index contributed by atoms with van der Waals surface area (Å²) >= 11 is 1.37. The average Bonchev–Trinajstić information content (AvgIpc) is 2.91. The number of carbonyl (C=O) groups is 2. The normalized spacial score (nSPS) is 14.0. The van der Waals surface area contributed by atoms with Gasteiger partial charge in [-0.25, -0.2) is 4.98 Å². The number of nitrogens with zero attached hydrogens (tertiary/aromatic N) is 1. The van der Waals surface area contributed by atoms with E-state index in [0.29, 0.717) is 24.3 Å². The van der Waals surface area contributed by atoms with Crippen molar-refractivity contribution in [2.75, 3.05) is 10.6 Å². The number of amides is 2. The van der Waals surface area contributed by atoms with Crippen LogP contribution in [0.2, 0.25) is 0 Å². The highest BCUT2D eigenvalue weighted by atomic mass is 32.1. The van der Waals surface area contributed by atoms with Crippen LogP contribution < -0.4 is 16.4 Å². The average molecular weight is 316 g/mol. The summed E-state index contributed by atoms with van der Waals surface area (Å²) in [6, 6.07) is 5.49. The van der Waals surface area contributed by atoms with Crippen molar-refractivity contribution < 1.29 is 9.59 Å². The number of aryl methyl sites for hydroxylation is 1. The number of rotatable bonds is 3. The van der Waals surface area contributed by atoms with Crippen molar-refractivity contribution in [3.8, 4) is 0 Å². The van der Waals surface area contributed by atoms with Gasteiger partial charge in [0.05, 0.1) is 0 Å². The van der Waals surface area contributed by atoms with Crippen LogP contribution in [-0.4, -0.2) is 16.8 Å². The van der Waals surface area contributed by atoms with Gasteiger partial charge in [-0.1, -0.05) is 0 Å². The van der Waals surface area contributed by atoms with E-state index >= 15 is 0 Å². The standard InChI is InChI=1S/C15H16N4O2S/c16-7-14-19-12(8-22-14)15(21)17-10-4-5-11-9(6-10)2-1-3-13(20)18-11/h4-6,8H,1-3,7,16H2,(H,17,21)(H,18,20). The second-order valence-electron chi connectivity index (χ2n) is 5.06. The Morgan fingerprint density at radius 1 is 1.41 bits per heavy atom. The molecule has 0 saturated carbocycles. The fraction of sp³-hybridized carbons (Fsp3) is 0.267. The highest BCUT2D eigenvalue weighted by molar-refractivity contribution is 7.09. The monoisotopic (exact) mass is 316 g/mol. The number of benzene rings is 1. The van der Waals surface area contributed by atoms with Gasteiger partial charge in [0.25, 0.3) is 5.91 Å². The summed E-state index contributed by atoms with van der Waals surface area (Å²) in [4.78, 5) is 27.8. The molecule has 2 heterocycles. The molecule has 0 radical (unpaired) electrons. The molecule has 1 aromatic carbocycles. The number of hydrogen-bond donors (Lipinski definition) is 3. The third-order valence-electron chi connectivity index (χ3n) is 3.45. The lowest BCUT2D eigenvalue weighted by Crippen LogP contribution is -2.13. The van der Waals surface area contributed by atoms with Gasteiger partial charge in [-0.2, -0.15) is 0 Å². The Bertz CT molecular complexity index is 726. The van der Waals surface area contributed by atoms with Crippen molar-refractivity contribution in [1.82, 2.24) is 4.98 Å². The van der Waals surface area contributed by atoms with Gasteiger partial charge in [-0.15, -0.1) is 11.3 Å². The van der Waals surface area contributed by atoms with Gasteiger partial charge in [-0.05, 0) is 36.6 Å². The number of carbonyl (C=O) groups excluding carboxylic acids is 2. The number of hydrogen-bond acceptors (Lipinski definition) is 5. The van der Waals surface area contributed by atoms with Crippen LogP contribution in [0.1, 0.15) is 33.9 Å². The topological polar surface area (TPSA) is 97.1 Å². The van der Waals surface area contributed by atoms with E-state index < -0.39 is 0 Å². The van der Waals surface area contributed by atoms with Crippen molar-refractivity contribution in [2.45, 2.75) is 25.8 Å². The summed E-state index contributed by atoms with van der Waals surface area (Å²) in [6.07, 6.45) is 2.14. The number of thiazole rings is 1. The van der Waals surface area contributed by atoms with Crippen LogP contribution in [0, 0.1) is 0 Å². The van der Waals surface area contributed by atoms with Crippen molar-refractivity contribution in [2.24, 2.45) is 5.73 Å². The molecule has 3 rings (SSSR count). The van der Waals surface area contributed by atoms with Crippen LogP contribution in [-0.2, 0) is 17.8 Å². The molecule has 2 amide bonds. The summed E-state index contributed by atoms with van der Waals surface area (Å²) in [5.41, 5.74) is 8.42. The smallest absolute Gasteiger partial charge is 0.275 e. The first-order valence-electron chi connectivity index (χ1n) is 7.04. The van der Waals surface area contributed by atoms with Crippen LogP contribution in [0.25, 0.3) is 0 Å². The second kappa shape index (κ2) is 6.25. The molecule has 1 aromatic heterocycles. The second-order valence-corrected chi connectivity index (χ2v) is 6.00.